The van der Waals surface area contributed by atoms with E-state index in [-0.39, 0.29) is 11.9 Å². The molecule has 1 amide bonds. The molecule has 0 radical (unpaired) electrons. The van der Waals surface area contributed by atoms with Gasteiger partial charge in [0.1, 0.15) is 0 Å². The molecule has 1 aliphatic heterocycles. The molecule has 1 aromatic heterocycles. The zero-order valence-electron chi connectivity index (χ0n) is 7.78. The molecule has 0 N–H and O–H groups in total. The predicted octanol–water partition coefficient (Wildman–Crippen LogP) is 1.28. The maximum absolute atomic E-state index is 11.2. The Morgan fingerprint density at radius 2 is 2.46 bits per heavy atom. The van der Waals surface area contributed by atoms with Crippen LogP contribution in [0, 0.1) is 6.92 Å². The molecule has 0 unspecified atom stereocenters. The maximum atomic E-state index is 11.2. The van der Waals surface area contributed by atoms with E-state index in [4.69, 9.17) is 4.52 Å². The van der Waals surface area contributed by atoms with Crippen LogP contribution in [0.2, 0.25) is 0 Å². The van der Waals surface area contributed by atoms with Gasteiger partial charge < -0.3 is 9.42 Å². The monoisotopic (exact) mass is 180 g/mol. The summed E-state index contributed by atoms with van der Waals surface area (Å²) < 4.78 is 5.12. The zero-order chi connectivity index (χ0) is 9.42. The summed E-state index contributed by atoms with van der Waals surface area (Å²) in [4.78, 5) is 13.0. The summed E-state index contributed by atoms with van der Waals surface area (Å²) in [6.07, 6.45) is 1.45. The third-order valence-corrected chi connectivity index (χ3v) is 2.47. The second kappa shape index (κ2) is 2.87. The molecular weight excluding hydrogens is 168 g/mol. The van der Waals surface area contributed by atoms with Gasteiger partial charge in [-0.2, -0.15) is 0 Å². The third-order valence-electron chi connectivity index (χ3n) is 2.47. The first-order valence-corrected chi connectivity index (χ1v) is 4.37. The minimum atomic E-state index is 0.0914. The third kappa shape index (κ3) is 1.32. The van der Waals surface area contributed by atoms with Gasteiger partial charge in [0.05, 0.1) is 11.7 Å². The molecule has 1 saturated heterocycles. The van der Waals surface area contributed by atoms with Crippen LogP contribution in [0.15, 0.2) is 10.6 Å². The fourth-order valence-corrected chi connectivity index (χ4v) is 1.68. The summed E-state index contributed by atoms with van der Waals surface area (Å²) in [5.74, 6) is 0.977. The first-order valence-electron chi connectivity index (χ1n) is 4.37. The smallest absolute Gasteiger partial charge is 0.223 e. The van der Waals surface area contributed by atoms with Crippen molar-refractivity contribution < 1.29 is 9.32 Å². The van der Waals surface area contributed by atoms with Crippen LogP contribution in [0.5, 0.6) is 0 Å². The molecule has 4 nitrogen and oxygen atoms in total. The highest BCUT2D eigenvalue weighted by Crippen LogP contribution is 2.31. The first kappa shape index (κ1) is 8.29. The Balaban J connectivity index is 2.23. The van der Waals surface area contributed by atoms with E-state index in [1.54, 1.807) is 11.9 Å². The maximum Gasteiger partial charge on any atom is 0.223 e. The van der Waals surface area contributed by atoms with E-state index in [9.17, 15) is 4.79 Å². The molecule has 70 valence electrons. The molecule has 0 aliphatic carbocycles. The molecule has 0 spiro atoms. The van der Waals surface area contributed by atoms with Gasteiger partial charge in [0, 0.05) is 19.5 Å². The summed E-state index contributed by atoms with van der Waals surface area (Å²) in [7, 11) is 1.80. The summed E-state index contributed by atoms with van der Waals surface area (Å²) in [6, 6.07) is 1.98. The van der Waals surface area contributed by atoms with Crippen LogP contribution in [-0.2, 0) is 4.79 Å². The Kier molecular flexibility index (Phi) is 1.83. The van der Waals surface area contributed by atoms with Crippen LogP contribution in [-0.4, -0.2) is 23.0 Å². The molecule has 0 saturated carbocycles. The van der Waals surface area contributed by atoms with Crippen molar-refractivity contribution in [3.8, 4) is 0 Å². The molecule has 0 aromatic carbocycles. The van der Waals surface area contributed by atoms with Crippen LogP contribution >= 0.6 is 0 Å². The fraction of sp³-hybridized carbons (Fsp3) is 0.556. The van der Waals surface area contributed by atoms with Gasteiger partial charge in [-0.1, -0.05) is 5.16 Å². The Morgan fingerprint density at radius 1 is 1.69 bits per heavy atom. The molecule has 2 heterocycles. The van der Waals surface area contributed by atoms with Crippen molar-refractivity contribution in [1.29, 1.82) is 0 Å². The number of carbonyl (C=O) groups excluding carboxylic acids is 1. The molecule has 0 bridgehead atoms. The average molecular weight is 180 g/mol. The predicted molar refractivity (Wildman–Crippen MR) is 46.0 cm³/mol. The Hall–Kier alpha value is -1.32. The summed E-state index contributed by atoms with van der Waals surface area (Å²) in [5.41, 5.74) is 0.864. The van der Waals surface area contributed by atoms with Gasteiger partial charge in [-0.15, -0.1) is 0 Å². The van der Waals surface area contributed by atoms with Crippen molar-refractivity contribution in [1.82, 2.24) is 10.1 Å². The molecule has 1 atom stereocenters. The molecular formula is C9H12N2O2. The highest BCUT2D eigenvalue weighted by Gasteiger charge is 2.31. The van der Waals surface area contributed by atoms with E-state index in [0.29, 0.717) is 6.42 Å². The van der Waals surface area contributed by atoms with Crippen molar-refractivity contribution >= 4 is 5.91 Å². The Labute approximate surface area is 76.5 Å². The standard InChI is InChI=1S/C9H12N2O2/c1-6-5-8(13-10-6)7-3-4-9(12)11(7)2/h5,7H,3-4H2,1-2H3/t7-/m0/s1. The Morgan fingerprint density at radius 3 is 2.92 bits per heavy atom. The van der Waals surface area contributed by atoms with E-state index in [1.807, 2.05) is 13.0 Å². The lowest BCUT2D eigenvalue weighted by atomic mass is 10.1. The van der Waals surface area contributed by atoms with Gasteiger partial charge in [-0.3, -0.25) is 4.79 Å². The van der Waals surface area contributed by atoms with Gasteiger partial charge in [-0.05, 0) is 13.3 Å². The quantitative estimate of drug-likeness (QED) is 0.654. The molecule has 4 heteroatoms. The molecule has 1 aromatic rings. The summed E-state index contributed by atoms with van der Waals surface area (Å²) in [6.45, 7) is 1.88. The largest absolute Gasteiger partial charge is 0.359 e. The van der Waals surface area contributed by atoms with Crippen molar-refractivity contribution in [3.05, 3.63) is 17.5 Å². The number of hydrogen-bond acceptors (Lipinski definition) is 3. The summed E-state index contributed by atoms with van der Waals surface area (Å²) >= 11 is 0. The SMILES string of the molecule is Cc1cc([C@@H]2CCC(=O)N2C)on1. The zero-order valence-corrected chi connectivity index (χ0v) is 7.78. The second-order valence-corrected chi connectivity index (χ2v) is 3.43. The van der Waals surface area contributed by atoms with Gasteiger partial charge in [0.15, 0.2) is 5.76 Å². The van der Waals surface area contributed by atoms with Crippen LogP contribution in [0.25, 0.3) is 0 Å². The van der Waals surface area contributed by atoms with E-state index >= 15 is 0 Å². The number of likely N-dealkylation sites (tertiary alicyclic amines) is 1. The molecule has 2 rings (SSSR count). The van der Waals surface area contributed by atoms with Crippen LogP contribution in [0.3, 0.4) is 0 Å². The van der Waals surface area contributed by atoms with Crippen LogP contribution in [0.4, 0.5) is 0 Å². The van der Waals surface area contributed by atoms with Gasteiger partial charge in [0.2, 0.25) is 5.91 Å². The van der Waals surface area contributed by atoms with E-state index < -0.39 is 0 Å². The number of aromatic nitrogens is 1. The number of hydrogen-bond donors (Lipinski definition) is 0. The van der Waals surface area contributed by atoms with Crippen LogP contribution < -0.4 is 0 Å². The topological polar surface area (TPSA) is 46.3 Å². The molecule has 13 heavy (non-hydrogen) atoms. The molecule has 1 fully saturated rings. The van der Waals surface area contributed by atoms with Crippen molar-refractivity contribution in [2.45, 2.75) is 25.8 Å². The fourth-order valence-electron chi connectivity index (χ4n) is 1.68. The average Bonchev–Trinajstić information content (AvgIpc) is 2.62. The number of aryl methyl sites for hydroxylation is 1. The van der Waals surface area contributed by atoms with Crippen molar-refractivity contribution in [2.24, 2.45) is 0 Å². The minimum absolute atomic E-state index is 0.0914. The number of rotatable bonds is 1. The highest BCUT2D eigenvalue weighted by molar-refractivity contribution is 5.78. The number of carbonyl (C=O) groups is 1. The number of nitrogens with zero attached hydrogens (tertiary/aromatic N) is 2. The highest BCUT2D eigenvalue weighted by atomic mass is 16.5. The van der Waals surface area contributed by atoms with Gasteiger partial charge >= 0.3 is 0 Å². The summed E-state index contributed by atoms with van der Waals surface area (Å²) in [5, 5.41) is 3.81. The Bertz CT molecular complexity index is 332. The first-order chi connectivity index (χ1) is 6.18. The minimum Gasteiger partial charge on any atom is -0.359 e. The second-order valence-electron chi connectivity index (χ2n) is 3.43. The molecule has 1 aliphatic rings. The lowest BCUT2D eigenvalue weighted by molar-refractivity contribution is -0.127. The number of amides is 1. The van der Waals surface area contributed by atoms with E-state index in [0.717, 1.165) is 17.9 Å². The van der Waals surface area contributed by atoms with E-state index in [1.165, 1.54) is 0 Å². The normalized spacial score (nSPS) is 22.8. The lowest BCUT2D eigenvalue weighted by Gasteiger charge is -2.16. The van der Waals surface area contributed by atoms with Crippen molar-refractivity contribution in [2.75, 3.05) is 7.05 Å². The van der Waals surface area contributed by atoms with Gasteiger partial charge in [0.25, 0.3) is 0 Å². The van der Waals surface area contributed by atoms with E-state index in [2.05, 4.69) is 5.16 Å². The van der Waals surface area contributed by atoms with Gasteiger partial charge in [-0.25, -0.2) is 0 Å². The van der Waals surface area contributed by atoms with Crippen LogP contribution in [0.1, 0.15) is 30.3 Å². The van der Waals surface area contributed by atoms with Crippen molar-refractivity contribution in [3.63, 3.8) is 0 Å². The lowest BCUT2D eigenvalue weighted by Crippen LogP contribution is -2.22.